The maximum atomic E-state index is 12.0. The number of nitrogens with zero attached hydrogens (tertiary/aromatic N) is 3. The largest absolute Gasteiger partial charge is 0.345 e. The van der Waals surface area contributed by atoms with Gasteiger partial charge in [-0.25, -0.2) is 0 Å². The summed E-state index contributed by atoms with van der Waals surface area (Å²) in [6, 6.07) is 3.38. The van der Waals surface area contributed by atoms with Gasteiger partial charge in [0.25, 0.3) is 5.91 Å². The van der Waals surface area contributed by atoms with Crippen LogP contribution in [0.4, 0.5) is 0 Å². The summed E-state index contributed by atoms with van der Waals surface area (Å²) >= 11 is 0. The van der Waals surface area contributed by atoms with E-state index in [4.69, 9.17) is 0 Å². The summed E-state index contributed by atoms with van der Waals surface area (Å²) in [5, 5.41) is 7.11. The van der Waals surface area contributed by atoms with Gasteiger partial charge in [-0.2, -0.15) is 5.10 Å². The lowest BCUT2D eigenvalue weighted by Crippen LogP contribution is -2.27. The molecule has 2 heterocycles. The van der Waals surface area contributed by atoms with Gasteiger partial charge < -0.3 is 5.32 Å². The van der Waals surface area contributed by atoms with Crippen LogP contribution in [0.5, 0.6) is 0 Å². The van der Waals surface area contributed by atoms with Crippen molar-refractivity contribution in [2.75, 3.05) is 0 Å². The first-order chi connectivity index (χ1) is 8.70. The van der Waals surface area contributed by atoms with Crippen LogP contribution in [0.1, 0.15) is 35.3 Å². The van der Waals surface area contributed by atoms with Crippen molar-refractivity contribution in [3.8, 4) is 0 Å². The zero-order chi connectivity index (χ0) is 13.0. The summed E-state index contributed by atoms with van der Waals surface area (Å²) in [5.74, 6) is -0.0897. The van der Waals surface area contributed by atoms with Crippen LogP contribution in [0.25, 0.3) is 0 Å². The zero-order valence-corrected chi connectivity index (χ0v) is 10.5. The van der Waals surface area contributed by atoms with Gasteiger partial charge in [-0.05, 0) is 18.6 Å². The molecule has 5 nitrogen and oxygen atoms in total. The fourth-order valence-electron chi connectivity index (χ4n) is 1.79. The summed E-state index contributed by atoms with van der Waals surface area (Å²) < 4.78 is 1.73. The van der Waals surface area contributed by atoms with Crippen molar-refractivity contribution >= 4 is 5.91 Å². The molecule has 0 saturated carbocycles. The fraction of sp³-hybridized carbons (Fsp3) is 0.308. The Morgan fingerprint density at radius 2 is 2.17 bits per heavy atom. The number of hydrogen-bond donors (Lipinski definition) is 1. The van der Waals surface area contributed by atoms with Crippen LogP contribution in [0.3, 0.4) is 0 Å². The number of carbonyl (C=O) groups excluding carboxylic acids is 1. The van der Waals surface area contributed by atoms with Gasteiger partial charge >= 0.3 is 0 Å². The number of carbonyl (C=O) groups is 1. The van der Waals surface area contributed by atoms with Crippen LogP contribution in [0.2, 0.25) is 0 Å². The average molecular weight is 244 g/mol. The van der Waals surface area contributed by atoms with Crippen LogP contribution in [-0.4, -0.2) is 20.7 Å². The molecule has 94 valence electrons. The lowest BCUT2D eigenvalue weighted by atomic mass is 10.1. The van der Waals surface area contributed by atoms with E-state index in [9.17, 15) is 4.79 Å². The Kier molecular flexibility index (Phi) is 3.72. The highest BCUT2D eigenvalue weighted by atomic mass is 16.1. The monoisotopic (exact) mass is 244 g/mol. The summed E-state index contributed by atoms with van der Waals surface area (Å²) in [5.41, 5.74) is 1.63. The summed E-state index contributed by atoms with van der Waals surface area (Å²) in [4.78, 5) is 15.9. The minimum atomic E-state index is -0.0897. The molecule has 0 aliphatic heterocycles. The lowest BCUT2D eigenvalue weighted by molar-refractivity contribution is 0.0935. The van der Waals surface area contributed by atoms with Crippen LogP contribution in [0.15, 0.2) is 36.9 Å². The van der Waals surface area contributed by atoms with Crippen LogP contribution in [-0.2, 0) is 7.05 Å². The van der Waals surface area contributed by atoms with E-state index in [0.29, 0.717) is 5.56 Å². The summed E-state index contributed by atoms with van der Waals surface area (Å²) in [7, 11) is 1.86. The van der Waals surface area contributed by atoms with Crippen LogP contribution >= 0.6 is 0 Å². The molecule has 5 heteroatoms. The number of aromatic nitrogens is 3. The van der Waals surface area contributed by atoms with E-state index >= 15 is 0 Å². The van der Waals surface area contributed by atoms with Gasteiger partial charge in [0.1, 0.15) is 0 Å². The maximum absolute atomic E-state index is 12.0. The Morgan fingerprint density at radius 1 is 1.44 bits per heavy atom. The first-order valence-electron chi connectivity index (χ1n) is 5.90. The highest BCUT2D eigenvalue weighted by Crippen LogP contribution is 2.16. The molecule has 1 N–H and O–H groups in total. The van der Waals surface area contributed by atoms with Gasteiger partial charge in [-0.3, -0.25) is 14.5 Å². The van der Waals surface area contributed by atoms with E-state index in [-0.39, 0.29) is 11.9 Å². The number of aryl methyl sites for hydroxylation is 1. The zero-order valence-electron chi connectivity index (χ0n) is 10.5. The number of hydrogen-bond acceptors (Lipinski definition) is 3. The molecular weight excluding hydrogens is 228 g/mol. The van der Waals surface area contributed by atoms with Gasteiger partial charge in [0, 0.05) is 36.8 Å². The molecule has 0 bridgehead atoms. The fourth-order valence-corrected chi connectivity index (χ4v) is 1.79. The Bertz CT molecular complexity index is 521. The van der Waals surface area contributed by atoms with E-state index in [0.717, 1.165) is 12.0 Å². The molecule has 18 heavy (non-hydrogen) atoms. The molecule has 2 aromatic rings. The van der Waals surface area contributed by atoms with Crippen molar-refractivity contribution in [2.24, 2.45) is 7.05 Å². The minimum Gasteiger partial charge on any atom is -0.345 e. The number of rotatable bonds is 4. The molecule has 0 aromatic carbocycles. The molecule has 1 atom stereocenters. The number of nitrogens with one attached hydrogen (secondary N) is 1. The molecule has 2 rings (SSSR count). The molecule has 1 amide bonds. The van der Waals surface area contributed by atoms with Crippen molar-refractivity contribution in [3.63, 3.8) is 0 Å². The highest BCUT2D eigenvalue weighted by Gasteiger charge is 2.15. The molecular formula is C13H16N4O. The molecule has 0 aliphatic carbocycles. The lowest BCUT2D eigenvalue weighted by Gasteiger charge is -2.15. The molecule has 0 radical (unpaired) electrons. The van der Waals surface area contributed by atoms with E-state index in [1.807, 2.05) is 20.2 Å². The Morgan fingerprint density at radius 3 is 2.72 bits per heavy atom. The normalized spacial score (nSPS) is 12.1. The second-order valence-corrected chi connectivity index (χ2v) is 4.12. The third kappa shape index (κ3) is 2.74. The molecule has 0 unspecified atom stereocenters. The van der Waals surface area contributed by atoms with Crippen molar-refractivity contribution in [2.45, 2.75) is 19.4 Å². The second-order valence-electron chi connectivity index (χ2n) is 4.12. The average Bonchev–Trinajstić information content (AvgIpc) is 2.83. The van der Waals surface area contributed by atoms with Gasteiger partial charge in [-0.1, -0.05) is 6.92 Å². The molecule has 0 saturated heterocycles. The predicted octanol–water partition coefficient (Wildman–Crippen LogP) is 1.70. The van der Waals surface area contributed by atoms with E-state index < -0.39 is 0 Å². The smallest absolute Gasteiger partial charge is 0.251 e. The summed E-state index contributed by atoms with van der Waals surface area (Å²) in [6.07, 6.45) is 7.74. The van der Waals surface area contributed by atoms with Crippen molar-refractivity contribution in [1.29, 1.82) is 0 Å². The summed E-state index contributed by atoms with van der Waals surface area (Å²) in [6.45, 7) is 2.03. The minimum absolute atomic E-state index is 0.0145. The third-order valence-corrected chi connectivity index (χ3v) is 2.78. The molecule has 2 aromatic heterocycles. The van der Waals surface area contributed by atoms with E-state index in [1.165, 1.54) is 0 Å². The SMILES string of the molecule is CC[C@H](NC(=O)c1ccncc1)c1cnn(C)c1. The van der Waals surface area contributed by atoms with Gasteiger partial charge in [0.05, 0.1) is 12.2 Å². The maximum Gasteiger partial charge on any atom is 0.251 e. The topological polar surface area (TPSA) is 59.8 Å². The molecule has 0 fully saturated rings. The van der Waals surface area contributed by atoms with E-state index in [2.05, 4.69) is 15.4 Å². The Balaban J connectivity index is 2.10. The van der Waals surface area contributed by atoms with Crippen LogP contribution in [0, 0.1) is 0 Å². The number of pyridine rings is 1. The van der Waals surface area contributed by atoms with Gasteiger partial charge in [-0.15, -0.1) is 0 Å². The van der Waals surface area contributed by atoms with Crippen LogP contribution < -0.4 is 5.32 Å². The van der Waals surface area contributed by atoms with Crippen molar-refractivity contribution in [1.82, 2.24) is 20.1 Å². The quantitative estimate of drug-likeness (QED) is 0.890. The first-order valence-corrected chi connectivity index (χ1v) is 5.90. The van der Waals surface area contributed by atoms with Gasteiger partial charge in [0.2, 0.25) is 0 Å². The van der Waals surface area contributed by atoms with Crippen molar-refractivity contribution in [3.05, 3.63) is 48.0 Å². The van der Waals surface area contributed by atoms with Crippen molar-refractivity contribution < 1.29 is 4.79 Å². The predicted molar refractivity (Wildman–Crippen MR) is 67.9 cm³/mol. The third-order valence-electron chi connectivity index (χ3n) is 2.78. The first kappa shape index (κ1) is 12.3. The second kappa shape index (κ2) is 5.44. The Hall–Kier alpha value is -2.17. The van der Waals surface area contributed by atoms with E-state index in [1.54, 1.807) is 35.4 Å². The highest BCUT2D eigenvalue weighted by molar-refractivity contribution is 5.94. The number of amides is 1. The standard InChI is InChI=1S/C13H16N4O/c1-3-12(11-8-15-17(2)9-11)16-13(18)10-4-6-14-7-5-10/h4-9,12H,3H2,1-2H3,(H,16,18)/t12-/m0/s1. The molecule has 0 spiro atoms. The molecule has 0 aliphatic rings. The Labute approximate surface area is 106 Å². The van der Waals surface area contributed by atoms with Gasteiger partial charge in [0.15, 0.2) is 0 Å².